The first-order valence-electron chi connectivity index (χ1n) is 11.1. The molecule has 0 amide bonds. The number of para-hydroxylation sites is 1. The molecule has 0 atom stereocenters. The van der Waals surface area contributed by atoms with Crippen LogP contribution in [0.25, 0.3) is 0 Å². The summed E-state index contributed by atoms with van der Waals surface area (Å²) in [5, 5.41) is 7.20. The van der Waals surface area contributed by atoms with Crippen molar-refractivity contribution in [2.45, 2.75) is 57.9 Å². The summed E-state index contributed by atoms with van der Waals surface area (Å²) in [6.45, 7) is 4.30. The second-order valence-corrected chi connectivity index (χ2v) is 8.81. The number of hydrogen-bond donors (Lipinski definition) is 2. The quantitative estimate of drug-likeness (QED) is 0.644. The van der Waals surface area contributed by atoms with Crippen molar-refractivity contribution in [2.24, 2.45) is 5.92 Å². The van der Waals surface area contributed by atoms with E-state index in [2.05, 4.69) is 27.4 Å². The molecule has 2 heterocycles. The van der Waals surface area contributed by atoms with Gasteiger partial charge in [0.1, 0.15) is 11.6 Å². The van der Waals surface area contributed by atoms with Gasteiger partial charge in [-0.05, 0) is 56.0 Å². The van der Waals surface area contributed by atoms with E-state index in [1.165, 1.54) is 32.1 Å². The molecular formula is C23H31N5OS. The Kier molecular flexibility index (Phi) is 7.00. The summed E-state index contributed by atoms with van der Waals surface area (Å²) in [6.07, 6.45) is 8.50. The molecule has 7 heteroatoms. The summed E-state index contributed by atoms with van der Waals surface area (Å²) < 4.78 is 6.02. The van der Waals surface area contributed by atoms with Gasteiger partial charge in [-0.2, -0.15) is 9.97 Å². The van der Waals surface area contributed by atoms with Crippen LogP contribution >= 0.6 is 12.2 Å². The molecule has 30 heavy (non-hydrogen) atoms. The zero-order valence-electron chi connectivity index (χ0n) is 17.6. The van der Waals surface area contributed by atoms with Crippen molar-refractivity contribution in [1.29, 1.82) is 0 Å². The fourth-order valence-corrected chi connectivity index (χ4v) is 4.36. The number of ether oxygens (including phenoxy) is 1. The van der Waals surface area contributed by atoms with Crippen molar-refractivity contribution in [1.82, 2.24) is 15.3 Å². The maximum absolute atomic E-state index is 6.02. The predicted molar refractivity (Wildman–Crippen MR) is 125 cm³/mol. The lowest BCUT2D eigenvalue weighted by Gasteiger charge is -2.31. The van der Waals surface area contributed by atoms with E-state index < -0.39 is 0 Å². The Morgan fingerprint density at radius 1 is 1.03 bits per heavy atom. The minimum absolute atomic E-state index is 0.436. The van der Waals surface area contributed by atoms with Crippen LogP contribution in [0.15, 0.2) is 36.4 Å². The van der Waals surface area contributed by atoms with Crippen LogP contribution < -0.4 is 20.3 Å². The first-order chi connectivity index (χ1) is 14.7. The third-order valence-corrected chi connectivity index (χ3v) is 6.15. The molecule has 6 nitrogen and oxygen atoms in total. The molecule has 2 N–H and O–H groups in total. The number of rotatable bonds is 5. The number of piperidine rings is 1. The van der Waals surface area contributed by atoms with Crippen molar-refractivity contribution in [3.8, 4) is 11.6 Å². The van der Waals surface area contributed by atoms with E-state index in [0.717, 1.165) is 43.4 Å². The molecule has 0 radical (unpaired) electrons. The van der Waals surface area contributed by atoms with Crippen LogP contribution in [0.2, 0.25) is 0 Å². The Balaban J connectivity index is 1.51. The molecule has 1 aromatic carbocycles. The van der Waals surface area contributed by atoms with Gasteiger partial charge in [-0.15, -0.1) is 0 Å². The summed E-state index contributed by atoms with van der Waals surface area (Å²) in [5.41, 5.74) is 0. The monoisotopic (exact) mass is 425 g/mol. The Morgan fingerprint density at radius 3 is 2.50 bits per heavy atom. The first-order valence-corrected chi connectivity index (χ1v) is 11.5. The van der Waals surface area contributed by atoms with E-state index in [0.29, 0.717) is 23.0 Å². The number of hydrogen-bond acceptors (Lipinski definition) is 5. The maximum Gasteiger partial charge on any atom is 0.234 e. The van der Waals surface area contributed by atoms with Gasteiger partial charge in [0.25, 0.3) is 0 Å². The van der Waals surface area contributed by atoms with Gasteiger partial charge in [0.15, 0.2) is 5.11 Å². The highest BCUT2D eigenvalue weighted by atomic mass is 32.1. The molecule has 2 aromatic rings. The molecule has 1 saturated heterocycles. The maximum atomic E-state index is 6.02. The first kappa shape index (κ1) is 20.8. The summed E-state index contributed by atoms with van der Waals surface area (Å²) in [5.74, 6) is 3.39. The van der Waals surface area contributed by atoms with Gasteiger partial charge in [-0.25, -0.2) is 0 Å². The average Bonchev–Trinajstić information content (AvgIpc) is 2.75. The van der Waals surface area contributed by atoms with Crippen molar-refractivity contribution < 1.29 is 4.74 Å². The normalized spacial score (nSPS) is 18.1. The Hall–Kier alpha value is -2.41. The van der Waals surface area contributed by atoms with Gasteiger partial charge in [0, 0.05) is 25.2 Å². The van der Waals surface area contributed by atoms with E-state index in [-0.39, 0.29) is 0 Å². The van der Waals surface area contributed by atoms with E-state index in [1.807, 2.05) is 36.4 Å². The predicted octanol–water partition coefficient (Wildman–Crippen LogP) is 5.12. The molecule has 1 aliphatic heterocycles. The number of benzene rings is 1. The highest BCUT2D eigenvalue weighted by Gasteiger charge is 2.20. The molecule has 0 bridgehead atoms. The van der Waals surface area contributed by atoms with E-state index in [9.17, 15) is 0 Å². The molecule has 1 aromatic heterocycles. The molecule has 1 aliphatic carbocycles. The topological polar surface area (TPSA) is 62.3 Å². The Labute approximate surface area is 184 Å². The SMILES string of the molecule is CC1CCN(c2cc(Oc3ccccc3)nc(NC(=S)NC3CCCCC3)n2)CC1. The lowest BCUT2D eigenvalue weighted by atomic mass is 9.96. The molecule has 4 rings (SSSR count). The third kappa shape index (κ3) is 5.81. The highest BCUT2D eigenvalue weighted by molar-refractivity contribution is 7.80. The van der Waals surface area contributed by atoms with E-state index in [4.69, 9.17) is 21.9 Å². The van der Waals surface area contributed by atoms with Crippen LogP contribution in [0.1, 0.15) is 51.9 Å². The van der Waals surface area contributed by atoms with E-state index in [1.54, 1.807) is 0 Å². The molecule has 0 spiro atoms. The summed E-state index contributed by atoms with van der Waals surface area (Å²) >= 11 is 5.55. The van der Waals surface area contributed by atoms with Crippen LogP contribution in [-0.2, 0) is 0 Å². The van der Waals surface area contributed by atoms with Gasteiger partial charge >= 0.3 is 0 Å². The molecule has 0 unspecified atom stereocenters. The van der Waals surface area contributed by atoms with Gasteiger partial charge < -0.3 is 20.3 Å². The van der Waals surface area contributed by atoms with Crippen LogP contribution in [0, 0.1) is 5.92 Å². The number of aromatic nitrogens is 2. The molecule has 2 fully saturated rings. The minimum Gasteiger partial charge on any atom is -0.439 e. The fraction of sp³-hybridized carbons (Fsp3) is 0.522. The van der Waals surface area contributed by atoms with Gasteiger partial charge in [-0.3, -0.25) is 0 Å². The van der Waals surface area contributed by atoms with Crippen LogP contribution in [0.3, 0.4) is 0 Å². The molecule has 1 saturated carbocycles. The average molecular weight is 426 g/mol. The Bertz CT molecular complexity index is 833. The van der Waals surface area contributed by atoms with Crippen LogP contribution in [0.5, 0.6) is 11.6 Å². The number of nitrogens with one attached hydrogen (secondary N) is 2. The zero-order valence-corrected chi connectivity index (χ0v) is 18.5. The number of anilines is 2. The summed E-state index contributed by atoms with van der Waals surface area (Å²) in [7, 11) is 0. The second kappa shape index (κ2) is 10.1. The molecule has 160 valence electrons. The largest absolute Gasteiger partial charge is 0.439 e. The number of nitrogens with zero attached hydrogens (tertiary/aromatic N) is 3. The van der Waals surface area contributed by atoms with Crippen molar-refractivity contribution in [2.75, 3.05) is 23.3 Å². The van der Waals surface area contributed by atoms with Gasteiger partial charge in [-0.1, -0.05) is 44.4 Å². The fourth-order valence-electron chi connectivity index (χ4n) is 4.10. The second-order valence-electron chi connectivity index (χ2n) is 8.41. The van der Waals surface area contributed by atoms with Crippen LogP contribution in [-0.4, -0.2) is 34.2 Å². The summed E-state index contributed by atoms with van der Waals surface area (Å²) in [4.78, 5) is 11.6. The van der Waals surface area contributed by atoms with Crippen LogP contribution in [0.4, 0.5) is 11.8 Å². The van der Waals surface area contributed by atoms with Gasteiger partial charge in [0.05, 0.1) is 0 Å². The smallest absolute Gasteiger partial charge is 0.234 e. The highest BCUT2D eigenvalue weighted by Crippen LogP contribution is 2.27. The zero-order chi connectivity index (χ0) is 20.8. The third-order valence-electron chi connectivity index (χ3n) is 5.93. The Morgan fingerprint density at radius 2 is 1.77 bits per heavy atom. The minimum atomic E-state index is 0.436. The number of thiocarbonyl (C=S) groups is 1. The van der Waals surface area contributed by atoms with Crippen molar-refractivity contribution in [3.05, 3.63) is 36.4 Å². The van der Waals surface area contributed by atoms with Crippen molar-refractivity contribution in [3.63, 3.8) is 0 Å². The van der Waals surface area contributed by atoms with E-state index >= 15 is 0 Å². The van der Waals surface area contributed by atoms with Gasteiger partial charge in [0.2, 0.25) is 11.8 Å². The molecular weight excluding hydrogens is 394 g/mol. The van der Waals surface area contributed by atoms with Crippen molar-refractivity contribution >= 4 is 29.1 Å². The standard InChI is InChI=1S/C23H31N5OS/c1-17-12-14-28(15-13-17)20-16-21(29-19-10-6-3-7-11-19)26-22(25-20)27-23(30)24-18-8-4-2-5-9-18/h3,6-7,10-11,16-18H,2,4-5,8-9,12-15H2,1H3,(H2,24,25,26,27,30). The summed E-state index contributed by atoms with van der Waals surface area (Å²) in [6, 6.07) is 12.1. The molecule has 2 aliphatic rings. The lowest BCUT2D eigenvalue weighted by molar-refractivity contribution is 0.414. The lowest BCUT2D eigenvalue weighted by Crippen LogP contribution is -2.39.